The quantitative estimate of drug-likeness (QED) is 0.773. The Morgan fingerprint density at radius 2 is 1.81 bits per heavy atom. The summed E-state index contributed by atoms with van der Waals surface area (Å²) < 4.78 is 15.4. The average molecular weight is 360 g/mol. The highest BCUT2D eigenvalue weighted by atomic mass is 16.5. The van der Waals surface area contributed by atoms with Gasteiger partial charge in [0.2, 0.25) is 0 Å². The molecule has 1 aromatic heterocycles. The van der Waals surface area contributed by atoms with Gasteiger partial charge in [0.05, 0.1) is 32.9 Å². The molecule has 0 radical (unpaired) electrons. The van der Waals surface area contributed by atoms with Crippen molar-refractivity contribution >= 4 is 11.9 Å². The molecule has 0 aliphatic heterocycles. The first-order valence-electron chi connectivity index (χ1n) is 8.14. The van der Waals surface area contributed by atoms with Gasteiger partial charge in [0.25, 0.3) is 5.91 Å². The van der Waals surface area contributed by atoms with Gasteiger partial charge in [0, 0.05) is 17.3 Å². The van der Waals surface area contributed by atoms with Crippen LogP contribution in [-0.2, 0) is 4.74 Å². The molecule has 1 unspecified atom stereocenters. The molecule has 0 fully saturated rings. The number of carbonyl (C=O) groups excluding carboxylic acids is 2. The number of esters is 1. The van der Waals surface area contributed by atoms with Gasteiger partial charge < -0.3 is 24.5 Å². The highest BCUT2D eigenvalue weighted by Gasteiger charge is 2.24. The van der Waals surface area contributed by atoms with E-state index in [4.69, 9.17) is 14.2 Å². The molecule has 0 bridgehead atoms. The number of amides is 1. The van der Waals surface area contributed by atoms with Crippen molar-refractivity contribution < 1.29 is 23.8 Å². The van der Waals surface area contributed by atoms with Crippen molar-refractivity contribution in [1.29, 1.82) is 0 Å². The fourth-order valence-corrected chi connectivity index (χ4v) is 2.91. The van der Waals surface area contributed by atoms with E-state index in [-0.39, 0.29) is 11.9 Å². The molecule has 1 heterocycles. The molecule has 0 saturated carbocycles. The van der Waals surface area contributed by atoms with Crippen LogP contribution in [0.1, 0.15) is 50.6 Å². The van der Waals surface area contributed by atoms with E-state index in [1.165, 1.54) is 7.11 Å². The number of ether oxygens (including phenoxy) is 3. The van der Waals surface area contributed by atoms with Gasteiger partial charge in [0.1, 0.15) is 17.2 Å². The molecule has 2 aromatic rings. The number of hydrogen-bond donors (Lipinski definition) is 2. The maximum absolute atomic E-state index is 12.7. The third-order valence-electron chi connectivity index (χ3n) is 4.31. The minimum Gasteiger partial charge on any atom is -0.497 e. The largest absolute Gasteiger partial charge is 0.497 e. The van der Waals surface area contributed by atoms with Gasteiger partial charge in [-0.1, -0.05) is 0 Å². The van der Waals surface area contributed by atoms with Crippen molar-refractivity contribution in [2.75, 3.05) is 21.3 Å². The summed E-state index contributed by atoms with van der Waals surface area (Å²) in [5.74, 6) is 0.501. The van der Waals surface area contributed by atoms with Gasteiger partial charge in [-0.05, 0) is 38.5 Å². The Kier molecular flexibility index (Phi) is 5.92. The van der Waals surface area contributed by atoms with Gasteiger partial charge >= 0.3 is 5.97 Å². The van der Waals surface area contributed by atoms with Crippen molar-refractivity contribution in [2.45, 2.75) is 26.8 Å². The van der Waals surface area contributed by atoms with Crippen molar-refractivity contribution in [1.82, 2.24) is 10.3 Å². The molecule has 0 saturated heterocycles. The summed E-state index contributed by atoms with van der Waals surface area (Å²) in [6.07, 6.45) is 0. The molecule has 7 nitrogen and oxygen atoms in total. The number of aryl methyl sites for hydroxylation is 1. The van der Waals surface area contributed by atoms with E-state index in [2.05, 4.69) is 10.3 Å². The SMILES string of the molecule is COC(=O)c1c(C)[nH]c(C(=O)NC(C)c2ccc(OC)cc2OC)c1C. The van der Waals surface area contributed by atoms with E-state index in [0.717, 1.165) is 5.56 Å². The Hall–Kier alpha value is -2.96. The average Bonchev–Trinajstić information content (AvgIpc) is 2.94. The second-order valence-corrected chi connectivity index (χ2v) is 5.92. The monoisotopic (exact) mass is 360 g/mol. The van der Waals surface area contributed by atoms with Gasteiger partial charge in [-0.25, -0.2) is 4.79 Å². The molecular weight excluding hydrogens is 336 g/mol. The highest BCUT2D eigenvalue weighted by molar-refractivity contribution is 6.00. The zero-order valence-electron chi connectivity index (χ0n) is 15.9. The molecule has 0 spiro atoms. The zero-order chi connectivity index (χ0) is 19.4. The van der Waals surface area contributed by atoms with Crippen LogP contribution in [0.3, 0.4) is 0 Å². The lowest BCUT2D eigenvalue weighted by Gasteiger charge is -2.18. The van der Waals surface area contributed by atoms with Crippen LogP contribution in [0.4, 0.5) is 0 Å². The van der Waals surface area contributed by atoms with Crippen LogP contribution >= 0.6 is 0 Å². The van der Waals surface area contributed by atoms with Gasteiger partial charge in [-0.15, -0.1) is 0 Å². The normalized spacial score (nSPS) is 11.6. The molecule has 2 N–H and O–H groups in total. The van der Waals surface area contributed by atoms with Crippen molar-refractivity contribution in [3.05, 3.63) is 46.3 Å². The van der Waals surface area contributed by atoms with Gasteiger partial charge in [0.15, 0.2) is 0 Å². The molecule has 26 heavy (non-hydrogen) atoms. The predicted octanol–water partition coefficient (Wildman–Crippen LogP) is 2.93. The lowest BCUT2D eigenvalue weighted by atomic mass is 10.1. The van der Waals surface area contributed by atoms with Crippen molar-refractivity contribution in [2.24, 2.45) is 0 Å². The van der Waals surface area contributed by atoms with E-state index >= 15 is 0 Å². The van der Waals surface area contributed by atoms with E-state index in [9.17, 15) is 9.59 Å². The van der Waals surface area contributed by atoms with E-state index in [1.807, 2.05) is 13.0 Å². The number of rotatable bonds is 6. The fourth-order valence-electron chi connectivity index (χ4n) is 2.91. The summed E-state index contributed by atoms with van der Waals surface area (Å²) >= 11 is 0. The Morgan fingerprint density at radius 3 is 2.38 bits per heavy atom. The van der Waals surface area contributed by atoms with Gasteiger partial charge in [-0.3, -0.25) is 4.79 Å². The smallest absolute Gasteiger partial charge is 0.339 e. The molecule has 7 heteroatoms. The van der Waals surface area contributed by atoms with Crippen LogP contribution in [0, 0.1) is 13.8 Å². The number of benzene rings is 1. The van der Waals surface area contributed by atoms with Gasteiger partial charge in [-0.2, -0.15) is 0 Å². The third-order valence-corrected chi connectivity index (χ3v) is 4.31. The number of carbonyl (C=O) groups is 2. The Bertz CT molecular complexity index is 826. The number of nitrogens with one attached hydrogen (secondary N) is 2. The zero-order valence-corrected chi connectivity index (χ0v) is 15.9. The minimum atomic E-state index is -0.472. The van der Waals surface area contributed by atoms with Crippen LogP contribution in [0.25, 0.3) is 0 Å². The summed E-state index contributed by atoms with van der Waals surface area (Å²) in [4.78, 5) is 27.5. The number of H-pyrrole nitrogens is 1. The molecule has 1 atom stereocenters. The van der Waals surface area contributed by atoms with Crippen LogP contribution in [0.2, 0.25) is 0 Å². The topological polar surface area (TPSA) is 89.7 Å². The van der Waals surface area contributed by atoms with E-state index in [0.29, 0.717) is 34.0 Å². The maximum Gasteiger partial charge on any atom is 0.339 e. The minimum absolute atomic E-state index is 0.312. The molecule has 140 valence electrons. The lowest BCUT2D eigenvalue weighted by Crippen LogP contribution is -2.28. The van der Waals surface area contributed by atoms with Crippen molar-refractivity contribution in [3.8, 4) is 11.5 Å². The van der Waals surface area contributed by atoms with Crippen LogP contribution in [-0.4, -0.2) is 38.2 Å². The Balaban J connectivity index is 2.27. The molecule has 1 aromatic carbocycles. The standard InChI is InChI=1S/C19H24N2O5/c1-10-16(19(23)26-6)12(3)20-17(10)18(22)21-11(2)14-8-7-13(24-4)9-15(14)25-5/h7-9,11,20H,1-6H3,(H,21,22). The summed E-state index contributed by atoms with van der Waals surface area (Å²) in [7, 11) is 4.45. The van der Waals surface area contributed by atoms with Crippen LogP contribution < -0.4 is 14.8 Å². The summed E-state index contributed by atoms with van der Waals surface area (Å²) in [5.41, 5.74) is 2.68. The fraction of sp³-hybridized carbons (Fsp3) is 0.368. The summed E-state index contributed by atoms with van der Waals surface area (Å²) in [6.45, 7) is 5.30. The lowest BCUT2D eigenvalue weighted by molar-refractivity contribution is 0.0599. The number of methoxy groups -OCH3 is 3. The third kappa shape index (κ3) is 3.66. The first-order chi connectivity index (χ1) is 12.3. The number of aromatic amines is 1. The highest BCUT2D eigenvalue weighted by Crippen LogP contribution is 2.29. The van der Waals surface area contributed by atoms with E-state index < -0.39 is 5.97 Å². The Morgan fingerprint density at radius 1 is 1.12 bits per heavy atom. The number of aromatic nitrogens is 1. The second kappa shape index (κ2) is 7.95. The molecule has 0 aliphatic carbocycles. The number of hydrogen-bond acceptors (Lipinski definition) is 5. The molecule has 0 aliphatic rings. The van der Waals surface area contributed by atoms with E-state index in [1.54, 1.807) is 40.2 Å². The van der Waals surface area contributed by atoms with Crippen LogP contribution in [0.15, 0.2) is 18.2 Å². The Labute approximate surface area is 152 Å². The van der Waals surface area contributed by atoms with Crippen molar-refractivity contribution in [3.63, 3.8) is 0 Å². The molecular formula is C19H24N2O5. The van der Waals surface area contributed by atoms with Crippen LogP contribution in [0.5, 0.6) is 11.5 Å². The summed E-state index contributed by atoms with van der Waals surface area (Å²) in [5, 5.41) is 2.92. The first-order valence-corrected chi connectivity index (χ1v) is 8.14. The predicted molar refractivity (Wildman–Crippen MR) is 97.0 cm³/mol. The second-order valence-electron chi connectivity index (χ2n) is 5.92. The molecule has 1 amide bonds. The maximum atomic E-state index is 12.7. The molecule has 2 rings (SSSR count). The first kappa shape index (κ1) is 19.4. The summed E-state index contributed by atoms with van der Waals surface area (Å²) in [6, 6.07) is 5.10.